The van der Waals surface area contributed by atoms with Crippen LogP contribution in [0.25, 0.3) is 10.9 Å². The molecule has 0 unspecified atom stereocenters. The Labute approximate surface area is 203 Å². The van der Waals surface area contributed by atoms with Gasteiger partial charge in [0.2, 0.25) is 18.6 Å². The number of nitrogens with one attached hydrogen (secondary N) is 1. The van der Waals surface area contributed by atoms with Crippen LogP contribution in [0.2, 0.25) is 0 Å². The van der Waals surface area contributed by atoms with E-state index in [-0.39, 0.29) is 18.6 Å². The Hall–Kier alpha value is -3.78. The fourth-order valence-corrected chi connectivity index (χ4v) is 5.53. The number of aromatic amines is 1. The lowest BCUT2D eigenvalue weighted by molar-refractivity contribution is -0.147. The molecule has 4 heterocycles. The number of carbonyl (C=O) groups excluding carboxylic acids is 2. The van der Waals surface area contributed by atoms with Gasteiger partial charge < -0.3 is 29.2 Å². The molecule has 2 amide bonds. The fraction of sp³-hybridized carbons (Fsp3) is 0.333. The highest BCUT2D eigenvalue weighted by atomic mass is 16.7. The molecule has 0 radical (unpaired) electrons. The molecule has 0 bridgehead atoms. The van der Waals surface area contributed by atoms with E-state index in [0.29, 0.717) is 31.0 Å². The highest BCUT2D eigenvalue weighted by Crippen LogP contribution is 2.44. The van der Waals surface area contributed by atoms with E-state index in [1.54, 1.807) is 4.90 Å². The van der Waals surface area contributed by atoms with E-state index in [2.05, 4.69) is 29.6 Å². The molecule has 3 aliphatic heterocycles. The van der Waals surface area contributed by atoms with Gasteiger partial charge in [-0.1, -0.05) is 30.8 Å². The van der Waals surface area contributed by atoms with Crippen molar-refractivity contribution in [3.63, 3.8) is 0 Å². The van der Waals surface area contributed by atoms with Crippen LogP contribution in [0.15, 0.2) is 55.1 Å². The predicted molar refractivity (Wildman–Crippen MR) is 131 cm³/mol. The van der Waals surface area contributed by atoms with Crippen molar-refractivity contribution < 1.29 is 19.1 Å². The van der Waals surface area contributed by atoms with Crippen molar-refractivity contribution in [2.24, 2.45) is 0 Å². The number of aromatic nitrogens is 1. The number of amides is 2. The van der Waals surface area contributed by atoms with Crippen molar-refractivity contribution in [3.8, 4) is 11.5 Å². The van der Waals surface area contributed by atoms with Gasteiger partial charge in [0, 0.05) is 49.2 Å². The Morgan fingerprint density at radius 3 is 2.63 bits per heavy atom. The summed E-state index contributed by atoms with van der Waals surface area (Å²) in [5.41, 5.74) is 3.83. The number of para-hydroxylation sites is 1. The third-order valence-corrected chi connectivity index (χ3v) is 7.37. The van der Waals surface area contributed by atoms with Crippen molar-refractivity contribution in [2.45, 2.75) is 18.5 Å². The summed E-state index contributed by atoms with van der Waals surface area (Å²) in [5.74, 6) is 1.02. The van der Waals surface area contributed by atoms with E-state index in [1.165, 1.54) is 6.08 Å². The van der Waals surface area contributed by atoms with Crippen LogP contribution in [0.3, 0.4) is 0 Å². The number of piperazine rings is 1. The van der Waals surface area contributed by atoms with E-state index in [4.69, 9.17) is 9.47 Å². The number of fused-ring (bicyclic) bond motifs is 4. The number of H-pyrrole nitrogens is 1. The molecule has 2 aromatic carbocycles. The lowest BCUT2D eigenvalue weighted by atomic mass is 9.87. The lowest BCUT2D eigenvalue weighted by Crippen LogP contribution is -2.58. The zero-order valence-corrected chi connectivity index (χ0v) is 19.7. The average molecular weight is 473 g/mol. The first-order valence-electron chi connectivity index (χ1n) is 12.0. The van der Waals surface area contributed by atoms with Gasteiger partial charge in [0.15, 0.2) is 11.5 Å². The number of hydrogen-bond donors (Lipinski definition) is 1. The minimum absolute atomic E-state index is 0.0185. The molecule has 1 fully saturated rings. The molecule has 1 aromatic heterocycles. The summed E-state index contributed by atoms with van der Waals surface area (Å²) in [6, 6.07) is 12.7. The number of nitrogens with zero attached hydrogens (tertiary/aromatic N) is 3. The molecular weight excluding hydrogens is 444 g/mol. The second kappa shape index (κ2) is 8.46. The summed E-state index contributed by atoms with van der Waals surface area (Å²) in [4.78, 5) is 36.7. The van der Waals surface area contributed by atoms with Gasteiger partial charge in [-0.05, 0) is 42.4 Å². The minimum atomic E-state index is -0.633. The topological polar surface area (TPSA) is 78.1 Å². The molecule has 1 N–H and O–H groups in total. The molecule has 8 nitrogen and oxygen atoms in total. The molecule has 0 spiro atoms. The highest BCUT2D eigenvalue weighted by molar-refractivity contribution is 5.96. The summed E-state index contributed by atoms with van der Waals surface area (Å²) >= 11 is 0. The quantitative estimate of drug-likeness (QED) is 0.593. The van der Waals surface area contributed by atoms with E-state index < -0.39 is 12.1 Å². The number of benzene rings is 2. The molecule has 180 valence electrons. The van der Waals surface area contributed by atoms with Gasteiger partial charge in [-0.25, -0.2) is 0 Å². The van der Waals surface area contributed by atoms with Crippen LogP contribution in [0.5, 0.6) is 11.5 Å². The average Bonchev–Trinajstić information content (AvgIpc) is 3.51. The van der Waals surface area contributed by atoms with Crippen molar-refractivity contribution in [2.75, 3.05) is 40.0 Å². The molecule has 3 aromatic rings. The highest BCUT2D eigenvalue weighted by Gasteiger charge is 2.44. The summed E-state index contributed by atoms with van der Waals surface area (Å²) in [5, 5.41) is 1.08. The van der Waals surface area contributed by atoms with Gasteiger partial charge in [0.1, 0.15) is 6.04 Å². The zero-order valence-electron chi connectivity index (χ0n) is 19.7. The van der Waals surface area contributed by atoms with Crippen LogP contribution in [-0.4, -0.2) is 77.6 Å². The Morgan fingerprint density at radius 1 is 1.06 bits per heavy atom. The van der Waals surface area contributed by atoms with Crippen molar-refractivity contribution in [1.82, 2.24) is 19.7 Å². The van der Waals surface area contributed by atoms with Crippen LogP contribution >= 0.6 is 0 Å². The summed E-state index contributed by atoms with van der Waals surface area (Å²) < 4.78 is 11.2. The van der Waals surface area contributed by atoms with Gasteiger partial charge in [-0.3, -0.25) is 9.59 Å². The van der Waals surface area contributed by atoms with Gasteiger partial charge in [0.05, 0.1) is 6.04 Å². The molecule has 2 atom stereocenters. The van der Waals surface area contributed by atoms with Crippen molar-refractivity contribution >= 4 is 22.7 Å². The molecule has 35 heavy (non-hydrogen) atoms. The molecular formula is C27H28N4O4. The maximum Gasteiger partial charge on any atom is 0.247 e. The molecule has 6 rings (SSSR count). The standard InChI is InChI=1S/C27H28N4O4/c1-3-24(32)31-21(27(33)30-12-10-29(2)11-13-30)15-19-18-6-4-5-7-20(18)28-25(19)26(31)17-8-9-22-23(14-17)35-16-34-22/h3-9,14,21,26,28H,1,10-13,15-16H2,2H3/t21-,26-/m1/s1. The van der Waals surface area contributed by atoms with Crippen LogP contribution < -0.4 is 9.47 Å². The molecule has 1 saturated heterocycles. The van der Waals surface area contributed by atoms with Crippen LogP contribution in [0.4, 0.5) is 0 Å². The summed E-state index contributed by atoms with van der Waals surface area (Å²) in [6.45, 7) is 6.86. The fourth-order valence-electron chi connectivity index (χ4n) is 5.53. The first-order valence-corrected chi connectivity index (χ1v) is 12.0. The number of ether oxygens (including phenoxy) is 2. The van der Waals surface area contributed by atoms with E-state index >= 15 is 0 Å². The smallest absolute Gasteiger partial charge is 0.247 e. The summed E-state index contributed by atoms with van der Waals surface area (Å²) in [7, 11) is 2.06. The number of likely N-dealkylation sites (N-methyl/N-ethyl adjacent to an activating group) is 1. The molecule has 3 aliphatic rings. The Bertz CT molecular complexity index is 1320. The molecule has 8 heteroatoms. The number of hydrogen-bond acceptors (Lipinski definition) is 5. The second-order valence-electron chi connectivity index (χ2n) is 9.38. The maximum atomic E-state index is 13.9. The Kier molecular flexibility index (Phi) is 5.25. The lowest BCUT2D eigenvalue weighted by Gasteiger charge is -2.44. The summed E-state index contributed by atoms with van der Waals surface area (Å²) in [6.07, 6.45) is 1.75. The predicted octanol–water partition coefficient (Wildman–Crippen LogP) is 2.70. The second-order valence-corrected chi connectivity index (χ2v) is 9.38. The zero-order chi connectivity index (χ0) is 24.1. The third kappa shape index (κ3) is 3.56. The van der Waals surface area contributed by atoms with Crippen molar-refractivity contribution in [1.29, 1.82) is 0 Å². The minimum Gasteiger partial charge on any atom is -0.454 e. The first kappa shape index (κ1) is 21.7. The Balaban J connectivity index is 1.51. The largest absolute Gasteiger partial charge is 0.454 e. The van der Waals surface area contributed by atoms with E-state index in [1.807, 2.05) is 41.3 Å². The monoisotopic (exact) mass is 472 g/mol. The van der Waals surface area contributed by atoms with Gasteiger partial charge in [-0.15, -0.1) is 0 Å². The number of rotatable bonds is 3. The third-order valence-electron chi connectivity index (χ3n) is 7.37. The van der Waals surface area contributed by atoms with Crippen LogP contribution in [-0.2, 0) is 16.0 Å². The first-order chi connectivity index (χ1) is 17.0. The van der Waals surface area contributed by atoms with E-state index in [0.717, 1.165) is 40.8 Å². The van der Waals surface area contributed by atoms with Gasteiger partial charge in [0.25, 0.3) is 0 Å². The number of carbonyl (C=O) groups is 2. The van der Waals surface area contributed by atoms with Gasteiger partial charge in [-0.2, -0.15) is 0 Å². The van der Waals surface area contributed by atoms with Crippen LogP contribution in [0, 0.1) is 0 Å². The molecule has 0 saturated carbocycles. The molecule has 0 aliphatic carbocycles. The maximum absolute atomic E-state index is 13.9. The van der Waals surface area contributed by atoms with Crippen molar-refractivity contribution in [3.05, 3.63) is 71.9 Å². The normalized spacial score (nSPS) is 21.7. The van der Waals surface area contributed by atoms with Crippen LogP contribution in [0.1, 0.15) is 22.9 Å². The SMILES string of the molecule is C=CC(=O)N1[C@H](c2ccc3c(c2)OCO3)c2[nH]c3ccccc3c2C[C@@H]1C(=O)N1CCN(C)CC1. The van der Waals surface area contributed by atoms with E-state index in [9.17, 15) is 9.59 Å². The van der Waals surface area contributed by atoms with Gasteiger partial charge >= 0.3 is 0 Å². The Morgan fingerprint density at radius 2 is 1.83 bits per heavy atom.